The average molecular weight is 635 g/mol. The van der Waals surface area contributed by atoms with Gasteiger partial charge in [-0.05, 0) is 69.7 Å². The Morgan fingerprint density at radius 3 is 2.05 bits per heavy atom. The third-order valence-electron chi connectivity index (χ3n) is 6.27. The van der Waals surface area contributed by atoms with Crippen molar-refractivity contribution in [3.63, 3.8) is 0 Å². The molecule has 0 saturated heterocycles. The Kier molecular flexibility index (Phi) is 11.3. The van der Waals surface area contributed by atoms with Gasteiger partial charge in [0.25, 0.3) is 0 Å². The highest BCUT2D eigenvalue weighted by atomic mass is 35.5. The van der Waals surface area contributed by atoms with Crippen molar-refractivity contribution in [2.45, 2.75) is 52.2 Å². The van der Waals surface area contributed by atoms with Gasteiger partial charge in [0.05, 0.1) is 18.6 Å². The number of benzene rings is 3. The Bertz CT molecular complexity index is 1460. The van der Waals surface area contributed by atoms with Crippen molar-refractivity contribution in [2.75, 3.05) is 23.7 Å². The Hall–Kier alpha value is -3.27. The predicted octanol–water partition coefficient (Wildman–Crippen LogP) is 5.71. The monoisotopic (exact) mass is 633 g/mol. The van der Waals surface area contributed by atoms with Crippen LogP contribution in [0.3, 0.4) is 0 Å². The molecule has 8 nitrogen and oxygen atoms in total. The molecule has 0 aliphatic carbocycles. The summed E-state index contributed by atoms with van der Waals surface area (Å²) in [5, 5.41) is 3.62. The van der Waals surface area contributed by atoms with E-state index in [1.807, 2.05) is 58.0 Å². The Balaban J connectivity index is 2.10. The molecular formula is C31H37Cl2N3O5S. The SMILES string of the molecule is CCOc1ccc(N(CC(=O)N(Cc2c(Cl)cccc2Cl)[C@@H](Cc2ccccc2)C(=O)NC(C)(C)C)S(C)(=O)=O)cc1. The van der Waals surface area contributed by atoms with Crippen LogP contribution < -0.4 is 14.4 Å². The van der Waals surface area contributed by atoms with E-state index in [0.717, 1.165) is 16.1 Å². The molecule has 1 N–H and O–H groups in total. The minimum absolute atomic E-state index is 0.118. The van der Waals surface area contributed by atoms with E-state index >= 15 is 0 Å². The number of rotatable bonds is 12. The van der Waals surface area contributed by atoms with E-state index in [-0.39, 0.29) is 18.7 Å². The molecule has 2 amide bonds. The number of hydrogen-bond donors (Lipinski definition) is 1. The van der Waals surface area contributed by atoms with Crippen LogP contribution in [0.1, 0.15) is 38.8 Å². The second kappa shape index (κ2) is 14.3. The van der Waals surface area contributed by atoms with E-state index in [9.17, 15) is 18.0 Å². The molecule has 11 heteroatoms. The van der Waals surface area contributed by atoms with E-state index < -0.39 is 40.0 Å². The predicted molar refractivity (Wildman–Crippen MR) is 169 cm³/mol. The zero-order valence-electron chi connectivity index (χ0n) is 24.4. The number of ether oxygens (including phenoxy) is 1. The largest absolute Gasteiger partial charge is 0.494 e. The lowest BCUT2D eigenvalue weighted by Gasteiger charge is -2.35. The molecule has 0 spiro atoms. The van der Waals surface area contributed by atoms with E-state index in [2.05, 4.69) is 5.32 Å². The molecule has 0 heterocycles. The first-order valence-electron chi connectivity index (χ1n) is 13.5. The summed E-state index contributed by atoms with van der Waals surface area (Å²) in [7, 11) is -3.90. The van der Waals surface area contributed by atoms with Gasteiger partial charge in [-0.2, -0.15) is 0 Å². The number of nitrogens with zero attached hydrogens (tertiary/aromatic N) is 2. The van der Waals surface area contributed by atoms with Crippen molar-refractivity contribution in [2.24, 2.45) is 0 Å². The maximum Gasteiger partial charge on any atom is 0.244 e. The van der Waals surface area contributed by atoms with Gasteiger partial charge < -0.3 is 15.0 Å². The molecule has 0 bridgehead atoms. The maximum absolute atomic E-state index is 14.2. The summed E-state index contributed by atoms with van der Waals surface area (Å²) in [5.74, 6) is -0.428. The van der Waals surface area contributed by atoms with Crippen LogP contribution in [0.4, 0.5) is 5.69 Å². The zero-order chi connectivity index (χ0) is 31.1. The third-order valence-corrected chi connectivity index (χ3v) is 8.12. The van der Waals surface area contributed by atoms with E-state index in [4.69, 9.17) is 27.9 Å². The molecular weight excluding hydrogens is 597 g/mol. The van der Waals surface area contributed by atoms with Gasteiger partial charge in [0.15, 0.2) is 0 Å². The van der Waals surface area contributed by atoms with Crippen molar-refractivity contribution >= 4 is 50.7 Å². The summed E-state index contributed by atoms with van der Waals surface area (Å²) in [6.45, 7) is 7.16. The molecule has 0 aliphatic heterocycles. The molecule has 3 aromatic carbocycles. The molecule has 0 saturated carbocycles. The third kappa shape index (κ3) is 9.37. The van der Waals surface area contributed by atoms with Crippen LogP contribution in [0, 0.1) is 0 Å². The standard InChI is InChI=1S/C31H37Cl2N3O5S/c1-6-41-24-17-15-23(16-18-24)36(42(5,39)40)21-29(37)35(20-25-26(32)13-10-14-27(25)33)28(30(38)34-31(2,3)4)19-22-11-8-7-9-12-22/h7-18,28H,6,19-21H2,1-5H3,(H,34,38)/t28-/m0/s1. The van der Waals surface area contributed by atoms with Crippen LogP contribution >= 0.6 is 23.2 Å². The minimum atomic E-state index is -3.90. The molecule has 0 unspecified atom stereocenters. The Morgan fingerprint density at radius 1 is 0.929 bits per heavy atom. The topological polar surface area (TPSA) is 96.0 Å². The molecule has 0 aromatic heterocycles. The number of carbonyl (C=O) groups is 2. The van der Waals surface area contributed by atoms with E-state index in [1.54, 1.807) is 42.5 Å². The molecule has 3 aromatic rings. The summed E-state index contributed by atoms with van der Waals surface area (Å²) in [6, 6.07) is 19.7. The van der Waals surface area contributed by atoms with Gasteiger partial charge in [-0.15, -0.1) is 0 Å². The summed E-state index contributed by atoms with van der Waals surface area (Å²) in [4.78, 5) is 29.4. The second-order valence-electron chi connectivity index (χ2n) is 10.9. The average Bonchev–Trinajstić information content (AvgIpc) is 2.90. The van der Waals surface area contributed by atoms with Gasteiger partial charge in [0.2, 0.25) is 21.8 Å². The molecule has 1 atom stereocenters. The fourth-order valence-electron chi connectivity index (χ4n) is 4.35. The lowest BCUT2D eigenvalue weighted by molar-refractivity contribution is -0.140. The van der Waals surface area contributed by atoms with Crippen molar-refractivity contribution in [1.29, 1.82) is 0 Å². The fraction of sp³-hybridized carbons (Fsp3) is 0.355. The molecule has 0 radical (unpaired) electrons. The number of amides is 2. The van der Waals surface area contributed by atoms with Crippen molar-refractivity contribution in [1.82, 2.24) is 10.2 Å². The molecule has 0 fully saturated rings. The highest BCUT2D eigenvalue weighted by Crippen LogP contribution is 2.28. The number of halogens is 2. The number of sulfonamides is 1. The highest BCUT2D eigenvalue weighted by molar-refractivity contribution is 7.92. The number of carbonyl (C=O) groups excluding carboxylic acids is 2. The van der Waals surface area contributed by atoms with E-state index in [0.29, 0.717) is 28.0 Å². The van der Waals surface area contributed by atoms with Gasteiger partial charge >= 0.3 is 0 Å². The number of anilines is 1. The first-order chi connectivity index (χ1) is 19.7. The highest BCUT2D eigenvalue weighted by Gasteiger charge is 2.35. The van der Waals surface area contributed by atoms with Crippen LogP contribution in [0.5, 0.6) is 5.75 Å². The summed E-state index contributed by atoms with van der Waals surface area (Å²) < 4.78 is 32.4. The van der Waals surface area contributed by atoms with Crippen LogP contribution in [0.2, 0.25) is 10.0 Å². The van der Waals surface area contributed by atoms with Crippen LogP contribution in [-0.4, -0.2) is 56.1 Å². The first kappa shape index (κ1) is 33.2. The van der Waals surface area contributed by atoms with Crippen molar-refractivity contribution < 1.29 is 22.7 Å². The Morgan fingerprint density at radius 2 is 1.52 bits per heavy atom. The second-order valence-corrected chi connectivity index (χ2v) is 13.6. The smallest absolute Gasteiger partial charge is 0.244 e. The normalized spacial score (nSPS) is 12.4. The summed E-state index contributed by atoms with van der Waals surface area (Å²) in [6.07, 6.45) is 1.21. The zero-order valence-corrected chi connectivity index (χ0v) is 26.8. The van der Waals surface area contributed by atoms with Crippen molar-refractivity contribution in [3.8, 4) is 5.75 Å². The number of nitrogens with one attached hydrogen (secondary N) is 1. The Labute approximate surface area is 258 Å². The first-order valence-corrected chi connectivity index (χ1v) is 16.1. The lowest BCUT2D eigenvalue weighted by atomic mass is 10.0. The lowest BCUT2D eigenvalue weighted by Crippen LogP contribution is -2.56. The number of hydrogen-bond acceptors (Lipinski definition) is 5. The van der Waals surface area contributed by atoms with Crippen LogP contribution in [-0.2, 0) is 32.6 Å². The van der Waals surface area contributed by atoms with Crippen molar-refractivity contribution in [3.05, 3.63) is 94.0 Å². The minimum Gasteiger partial charge on any atom is -0.494 e. The maximum atomic E-state index is 14.2. The molecule has 226 valence electrons. The summed E-state index contributed by atoms with van der Waals surface area (Å²) >= 11 is 13.0. The summed E-state index contributed by atoms with van der Waals surface area (Å²) in [5.41, 5.74) is 0.955. The van der Waals surface area contributed by atoms with E-state index in [1.165, 1.54) is 4.90 Å². The molecule has 42 heavy (non-hydrogen) atoms. The molecule has 3 rings (SSSR count). The van der Waals surface area contributed by atoms with Gasteiger partial charge in [-0.1, -0.05) is 59.6 Å². The van der Waals surface area contributed by atoms with Gasteiger partial charge in [-0.3, -0.25) is 13.9 Å². The fourth-order valence-corrected chi connectivity index (χ4v) is 5.72. The van der Waals surface area contributed by atoms with Crippen LogP contribution in [0.25, 0.3) is 0 Å². The van der Waals surface area contributed by atoms with Gasteiger partial charge in [-0.25, -0.2) is 8.42 Å². The molecule has 0 aliphatic rings. The van der Waals surface area contributed by atoms with Gasteiger partial charge in [0.1, 0.15) is 18.3 Å². The van der Waals surface area contributed by atoms with Gasteiger partial charge in [0, 0.05) is 34.1 Å². The van der Waals surface area contributed by atoms with Crippen LogP contribution in [0.15, 0.2) is 72.8 Å². The quantitative estimate of drug-likeness (QED) is 0.275.